The number of hydrogen-bond donors (Lipinski definition) is 2. The highest BCUT2D eigenvalue weighted by molar-refractivity contribution is 6.10. The Labute approximate surface area is 153 Å². The summed E-state index contributed by atoms with van der Waals surface area (Å²) in [6.45, 7) is 0.438. The first kappa shape index (κ1) is 17.0. The SMILES string of the molecule is NCC(=O)Nc1nn(-c2cccc(F)c2)c2cccc(N3CCOC3=O)c12. The third kappa shape index (κ3) is 2.97. The number of benzene rings is 2. The fraction of sp³-hybridized carbons (Fsp3) is 0.167. The van der Waals surface area contributed by atoms with E-state index in [4.69, 9.17) is 10.5 Å². The van der Waals surface area contributed by atoms with Crippen molar-refractivity contribution in [2.75, 3.05) is 29.9 Å². The Kier molecular flexibility index (Phi) is 4.21. The topological polar surface area (TPSA) is 102 Å². The zero-order valence-corrected chi connectivity index (χ0v) is 14.2. The van der Waals surface area contributed by atoms with Gasteiger partial charge in [-0.3, -0.25) is 9.69 Å². The molecule has 2 amide bonds. The van der Waals surface area contributed by atoms with E-state index in [1.807, 2.05) is 0 Å². The first-order valence-electron chi connectivity index (χ1n) is 8.30. The van der Waals surface area contributed by atoms with Gasteiger partial charge in [0.25, 0.3) is 0 Å². The van der Waals surface area contributed by atoms with E-state index in [0.29, 0.717) is 28.8 Å². The third-order valence-corrected chi connectivity index (χ3v) is 4.23. The second-order valence-electron chi connectivity index (χ2n) is 5.93. The highest BCUT2D eigenvalue weighted by Gasteiger charge is 2.28. The molecule has 1 aliphatic heterocycles. The van der Waals surface area contributed by atoms with Crippen LogP contribution in [0, 0.1) is 5.82 Å². The number of nitrogens with two attached hydrogens (primary N) is 1. The number of anilines is 2. The van der Waals surface area contributed by atoms with E-state index in [1.165, 1.54) is 21.7 Å². The van der Waals surface area contributed by atoms with Crippen molar-refractivity contribution in [2.24, 2.45) is 5.73 Å². The molecule has 0 radical (unpaired) electrons. The van der Waals surface area contributed by atoms with Crippen molar-refractivity contribution in [3.8, 4) is 5.69 Å². The van der Waals surface area contributed by atoms with Gasteiger partial charge in [0.1, 0.15) is 12.4 Å². The third-order valence-electron chi connectivity index (χ3n) is 4.23. The van der Waals surface area contributed by atoms with Gasteiger partial charge in [-0.1, -0.05) is 12.1 Å². The highest BCUT2D eigenvalue weighted by atomic mass is 19.1. The molecule has 138 valence electrons. The van der Waals surface area contributed by atoms with Crippen LogP contribution >= 0.6 is 0 Å². The highest BCUT2D eigenvalue weighted by Crippen LogP contribution is 2.35. The molecule has 27 heavy (non-hydrogen) atoms. The fourth-order valence-electron chi connectivity index (χ4n) is 3.06. The Morgan fingerprint density at radius 3 is 2.81 bits per heavy atom. The van der Waals surface area contributed by atoms with Crippen LogP contribution in [0.25, 0.3) is 16.6 Å². The summed E-state index contributed by atoms with van der Waals surface area (Å²) in [5.74, 6) is -0.609. The number of amides is 2. The summed E-state index contributed by atoms with van der Waals surface area (Å²) >= 11 is 0. The molecule has 0 unspecified atom stereocenters. The summed E-state index contributed by atoms with van der Waals surface area (Å²) in [6.07, 6.45) is -0.475. The zero-order chi connectivity index (χ0) is 19.0. The molecule has 2 aromatic carbocycles. The van der Waals surface area contributed by atoms with Crippen LogP contribution in [0.5, 0.6) is 0 Å². The van der Waals surface area contributed by atoms with E-state index in [9.17, 15) is 14.0 Å². The molecule has 3 N–H and O–H groups in total. The normalized spacial score (nSPS) is 13.9. The van der Waals surface area contributed by atoms with E-state index in [1.54, 1.807) is 30.3 Å². The summed E-state index contributed by atoms with van der Waals surface area (Å²) in [4.78, 5) is 25.4. The van der Waals surface area contributed by atoms with Crippen LogP contribution in [0.1, 0.15) is 0 Å². The van der Waals surface area contributed by atoms with E-state index >= 15 is 0 Å². The summed E-state index contributed by atoms with van der Waals surface area (Å²) < 4.78 is 20.2. The minimum Gasteiger partial charge on any atom is -0.447 e. The monoisotopic (exact) mass is 369 g/mol. The molecule has 0 aliphatic carbocycles. The summed E-state index contributed by atoms with van der Waals surface area (Å²) in [5, 5.41) is 7.62. The number of nitrogens with zero attached hydrogens (tertiary/aromatic N) is 3. The first-order chi connectivity index (χ1) is 13.1. The minimum atomic E-state index is -0.475. The lowest BCUT2D eigenvalue weighted by molar-refractivity contribution is -0.114. The van der Waals surface area contributed by atoms with E-state index in [0.717, 1.165) is 0 Å². The van der Waals surface area contributed by atoms with Crippen LogP contribution in [0.3, 0.4) is 0 Å². The molecule has 0 spiro atoms. The van der Waals surface area contributed by atoms with Gasteiger partial charge in [0.15, 0.2) is 5.82 Å². The number of cyclic esters (lactones) is 1. The van der Waals surface area contributed by atoms with Crippen LogP contribution in [0.15, 0.2) is 42.5 Å². The number of fused-ring (bicyclic) bond motifs is 1. The minimum absolute atomic E-state index is 0.220. The van der Waals surface area contributed by atoms with Crippen LogP contribution in [-0.4, -0.2) is 41.5 Å². The number of hydrogen-bond acceptors (Lipinski definition) is 5. The standard InChI is InChI=1S/C18H16FN5O3/c19-11-3-1-4-12(9-11)24-14-6-2-5-13(23-7-8-27-18(23)26)16(14)17(22-24)21-15(25)10-20/h1-6,9H,7-8,10,20H2,(H,21,22,25). The lowest BCUT2D eigenvalue weighted by atomic mass is 10.2. The maximum Gasteiger partial charge on any atom is 0.414 e. The number of carbonyl (C=O) groups is 2. The van der Waals surface area contributed by atoms with Crippen molar-refractivity contribution < 1.29 is 18.7 Å². The van der Waals surface area contributed by atoms with Gasteiger partial charge in [-0.2, -0.15) is 0 Å². The van der Waals surface area contributed by atoms with Crippen molar-refractivity contribution in [3.63, 3.8) is 0 Å². The summed E-state index contributed by atoms with van der Waals surface area (Å²) in [7, 11) is 0. The molecule has 1 saturated heterocycles. The summed E-state index contributed by atoms with van der Waals surface area (Å²) in [6, 6.07) is 11.2. The molecular weight excluding hydrogens is 353 g/mol. The Bertz CT molecular complexity index is 1050. The molecule has 3 aromatic rings. The van der Waals surface area contributed by atoms with Crippen molar-refractivity contribution in [3.05, 3.63) is 48.3 Å². The second kappa shape index (κ2) is 6.69. The second-order valence-corrected chi connectivity index (χ2v) is 5.93. The van der Waals surface area contributed by atoms with E-state index in [-0.39, 0.29) is 19.0 Å². The molecule has 0 saturated carbocycles. The maximum absolute atomic E-state index is 13.7. The van der Waals surface area contributed by atoms with Gasteiger partial charge in [0.05, 0.1) is 35.4 Å². The Morgan fingerprint density at radius 2 is 2.11 bits per heavy atom. The average molecular weight is 369 g/mol. The van der Waals surface area contributed by atoms with Gasteiger partial charge in [-0.05, 0) is 30.3 Å². The lowest BCUT2D eigenvalue weighted by Crippen LogP contribution is -2.24. The quantitative estimate of drug-likeness (QED) is 0.732. The predicted octanol–water partition coefficient (Wildman–Crippen LogP) is 2.02. The summed E-state index contributed by atoms with van der Waals surface area (Å²) in [5.41, 5.74) is 7.03. The Hall–Kier alpha value is -3.46. The van der Waals surface area contributed by atoms with Crippen molar-refractivity contribution in [2.45, 2.75) is 0 Å². The van der Waals surface area contributed by atoms with E-state index in [2.05, 4.69) is 10.4 Å². The van der Waals surface area contributed by atoms with Gasteiger partial charge >= 0.3 is 6.09 Å². The molecule has 1 aromatic heterocycles. The van der Waals surface area contributed by atoms with Gasteiger partial charge < -0.3 is 15.8 Å². The molecule has 0 atom stereocenters. The smallest absolute Gasteiger partial charge is 0.414 e. The van der Waals surface area contributed by atoms with Gasteiger partial charge in [-0.15, -0.1) is 5.10 Å². The zero-order valence-electron chi connectivity index (χ0n) is 14.2. The number of carbonyl (C=O) groups excluding carboxylic acids is 2. The largest absolute Gasteiger partial charge is 0.447 e. The van der Waals surface area contributed by atoms with E-state index < -0.39 is 17.8 Å². The molecule has 1 fully saturated rings. The number of nitrogens with one attached hydrogen (secondary N) is 1. The first-order valence-corrected chi connectivity index (χ1v) is 8.30. The van der Waals surface area contributed by atoms with Crippen molar-refractivity contribution in [1.82, 2.24) is 9.78 Å². The number of aromatic nitrogens is 2. The Morgan fingerprint density at radius 1 is 1.30 bits per heavy atom. The molecule has 2 heterocycles. The molecular formula is C18H16FN5O3. The van der Waals surface area contributed by atoms with Crippen LogP contribution in [0.2, 0.25) is 0 Å². The Balaban J connectivity index is 1.95. The van der Waals surface area contributed by atoms with Gasteiger partial charge in [-0.25, -0.2) is 13.9 Å². The van der Waals surface area contributed by atoms with Crippen molar-refractivity contribution in [1.29, 1.82) is 0 Å². The maximum atomic E-state index is 13.7. The van der Waals surface area contributed by atoms with Gasteiger partial charge in [0.2, 0.25) is 5.91 Å². The molecule has 8 nitrogen and oxygen atoms in total. The van der Waals surface area contributed by atoms with Crippen molar-refractivity contribution >= 4 is 34.4 Å². The van der Waals surface area contributed by atoms with Crippen LogP contribution < -0.4 is 16.0 Å². The molecule has 0 bridgehead atoms. The predicted molar refractivity (Wildman–Crippen MR) is 97.4 cm³/mol. The molecule has 4 rings (SSSR count). The van der Waals surface area contributed by atoms with Crippen LogP contribution in [0.4, 0.5) is 20.7 Å². The number of halogens is 1. The van der Waals surface area contributed by atoms with Gasteiger partial charge in [0, 0.05) is 0 Å². The molecule has 9 heteroatoms. The van der Waals surface area contributed by atoms with Crippen LogP contribution in [-0.2, 0) is 9.53 Å². The molecule has 1 aliphatic rings. The average Bonchev–Trinajstić information content (AvgIpc) is 3.25. The fourth-order valence-corrected chi connectivity index (χ4v) is 3.06. The number of rotatable bonds is 4. The lowest BCUT2D eigenvalue weighted by Gasteiger charge is -2.14. The number of ether oxygens (including phenoxy) is 1.